The fourth-order valence-electron chi connectivity index (χ4n) is 1.98. The molecule has 72 valence electrons. The standard InChI is InChI=1S/C10H22N2/c1-9(2)8-12(11)10-6-4-3-5-7-10/h9-10H,3-8,11H2,1-2H3. The summed E-state index contributed by atoms with van der Waals surface area (Å²) < 4.78 is 0. The van der Waals surface area contributed by atoms with Gasteiger partial charge in [-0.2, -0.15) is 0 Å². The van der Waals surface area contributed by atoms with Crippen LogP contribution >= 0.6 is 0 Å². The van der Waals surface area contributed by atoms with E-state index in [1.165, 1.54) is 32.1 Å². The van der Waals surface area contributed by atoms with Gasteiger partial charge in [0.1, 0.15) is 0 Å². The SMILES string of the molecule is CC(C)CN(N)C1CCCCC1. The van der Waals surface area contributed by atoms with Crippen LogP contribution in [0.4, 0.5) is 0 Å². The summed E-state index contributed by atoms with van der Waals surface area (Å²) in [5.74, 6) is 6.67. The molecule has 0 aromatic heterocycles. The summed E-state index contributed by atoms with van der Waals surface area (Å²) in [7, 11) is 0. The molecule has 0 radical (unpaired) electrons. The van der Waals surface area contributed by atoms with Gasteiger partial charge in [0, 0.05) is 12.6 Å². The highest BCUT2D eigenvalue weighted by Gasteiger charge is 2.18. The molecule has 2 nitrogen and oxygen atoms in total. The molecule has 0 heterocycles. The number of nitrogens with zero attached hydrogens (tertiary/aromatic N) is 1. The van der Waals surface area contributed by atoms with Gasteiger partial charge in [0.05, 0.1) is 0 Å². The van der Waals surface area contributed by atoms with Crippen molar-refractivity contribution in [1.82, 2.24) is 5.01 Å². The molecule has 0 amide bonds. The van der Waals surface area contributed by atoms with Crippen molar-refractivity contribution in [3.05, 3.63) is 0 Å². The van der Waals surface area contributed by atoms with Crippen LogP contribution in [0.3, 0.4) is 0 Å². The Morgan fingerprint density at radius 1 is 1.25 bits per heavy atom. The Balaban J connectivity index is 2.24. The molecule has 0 saturated heterocycles. The number of hydrazine groups is 1. The summed E-state index contributed by atoms with van der Waals surface area (Å²) in [4.78, 5) is 0. The highest BCUT2D eigenvalue weighted by molar-refractivity contribution is 4.72. The van der Waals surface area contributed by atoms with Gasteiger partial charge in [-0.05, 0) is 18.8 Å². The zero-order valence-electron chi connectivity index (χ0n) is 8.42. The van der Waals surface area contributed by atoms with Gasteiger partial charge < -0.3 is 0 Å². The van der Waals surface area contributed by atoms with E-state index >= 15 is 0 Å². The third kappa shape index (κ3) is 3.11. The average Bonchev–Trinajstić information content (AvgIpc) is 2.05. The van der Waals surface area contributed by atoms with E-state index in [0.29, 0.717) is 12.0 Å². The molecule has 1 fully saturated rings. The van der Waals surface area contributed by atoms with E-state index in [9.17, 15) is 0 Å². The lowest BCUT2D eigenvalue weighted by atomic mass is 9.95. The Morgan fingerprint density at radius 2 is 1.83 bits per heavy atom. The largest absolute Gasteiger partial charge is 0.269 e. The summed E-state index contributed by atoms with van der Waals surface area (Å²) in [5, 5.41) is 2.06. The van der Waals surface area contributed by atoms with Gasteiger partial charge in [0.2, 0.25) is 0 Å². The fraction of sp³-hybridized carbons (Fsp3) is 1.00. The molecule has 0 unspecified atom stereocenters. The third-order valence-corrected chi connectivity index (χ3v) is 2.62. The van der Waals surface area contributed by atoms with Crippen LogP contribution in [0.5, 0.6) is 0 Å². The van der Waals surface area contributed by atoms with E-state index in [2.05, 4.69) is 18.9 Å². The minimum atomic E-state index is 0.668. The number of nitrogens with two attached hydrogens (primary N) is 1. The van der Waals surface area contributed by atoms with Gasteiger partial charge in [-0.25, -0.2) is 5.01 Å². The molecular formula is C10H22N2. The summed E-state index contributed by atoms with van der Waals surface area (Å²) in [6.07, 6.45) is 6.77. The third-order valence-electron chi connectivity index (χ3n) is 2.62. The topological polar surface area (TPSA) is 29.3 Å². The molecular weight excluding hydrogens is 148 g/mol. The van der Waals surface area contributed by atoms with Crippen LogP contribution < -0.4 is 5.84 Å². The molecule has 0 aromatic carbocycles. The first kappa shape index (κ1) is 10.0. The van der Waals surface area contributed by atoms with Gasteiger partial charge in [-0.15, -0.1) is 0 Å². The minimum Gasteiger partial charge on any atom is -0.269 e. The summed E-state index contributed by atoms with van der Waals surface area (Å²) in [6, 6.07) is 0.668. The Hall–Kier alpha value is -0.0800. The maximum atomic E-state index is 5.98. The molecule has 0 aromatic rings. The summed E-state index contributed by atoms with van der Waals surface area (Å²) >= 11 is 0. The van der Waals surface area contributed by atoms with Crippen LogP contribution in [0, 0.1) is 5.92 Å². The average molecular weight is 170 g/mol. The maximum Gasteiger partial charge on any atom is 0.0241 e. The highest BCUT2D eigenvalue weighted by atomic mass is 15.4. The van der Waals surface area contributed by atoms with Crippen LogP contribution in [-0.4, -0.2) is 17.6 Å². The van der Waals surface area contributed by atoms with Crippen molar-refractivity contribution in [3.63, 3.8) is 0 Å². The van der Waals surface area contributed by atoms with Crippen molar-refractivity contribution in [1.29, 1.82) is 0 Å². The van der Waals surface area contributed by atoms with Crippen LogP contribution in [0.25, 0.3) is 0 Å². The van der Waals surface area contributed by atoms with Crippen molar-refractivity contribution < 1.29 is 0 Å². The normalized spacial score (nSPS) is 20.8. The van der Waals surface area contributed by atoms with E-state index in [1.807, 2.05) is 0 Å². The molecule has 0 bridgehead atoms. The Morgan fingerprint density at radius 3 is 2.33 bits per heavy atom. The van der Waals surface area contributed by atoms with Crippen LogP contribution in [0.2, 0.25) is 0 Å². The van der Waals surface area contributed by atoms with Crippen molar-refractivity contribution in [2.75, 3.05) is 6.54 Å². The molecule has 1 saturated carbocycles. The first-order valence-electron chi connectivity index (χ1n) is 5.21. The van der Waals surface area contributed by atoms with Crippen LogP contribution in [-0.2, 0) is 0 Å². The van der Waals surface area contributed by atoms with Gasteiger partial charge in [-0.1, -0.05) is 33.1 Å². The minimum absolute atomic E-state index is 0.668. The predicted octanol–water partition coefficient (Wildman–Crippen LogP) is 2.15. The highest BCUT2D eigenvalue weighted by Crippen LogP contribution is 2.21. The van der Waals surface area contributed by atoms with Gasteiger partial charge in [-0.3, -0.25) is 5.84 Å². The van der Waals surface area contributed by atoms with E-state index in [1.54, 1.807) is 0 Å². The van der Waals surface area contributed by atoms with Crippen molar-refractivity contribution in [2.24, 2.45) is 11.8 Å². The first-order valence-corrected chi connectivity index (χ1v) is 5.21. The lowest BCUT2D eigenvalue weighted by Crippen LogP contribution is -2.44. The van der Waals surface area contributed by atoms with E-state index in [-0.39, 0.29) is 0 Å². The first-order chi connectivity index (χ1) is 5.70. The summed E-state index contributed by atoms with van der Waals surface area (Å²) in [6.45, 7) is 5.50. The van der Waals surface area contributed by atoms with E-state index in [4.69, 9.17) is 5.84 Å². The van der Waals surface area contributed by atoms with Gasteiger partial charge in [0.15, 0.2) is 0 Å². The van der Waals surface area contributed by atoms with Gasteiger partial charge in [0.25, 0.3) is 0 Å². The molecule has 12 heavy (non-hydrogen) atoms. The van der Waals surface area contributed by atoms with Crippen LogP contribution in [0.15, 0.2) is 0 Å². The Bertz CT molecular complexity index is 117. The second-order valence-electron chi connectivity index (χ2n) is 4.38. The lowest BCUT2D eigenvalue weighted by molar-refractivity contribution is 0.142. The molecule has 1 rings (SSSR count). The fourth-order valence-corrected chi connectivity index (χ4v) is 1.98. The van der Waals surface area contributed by atoms with Crippen LogP contribution in [0.1, 0.15) is 46.0 Å². The van der Waals surface area contributed by atoms with Crippen molar-refractivity contribution in [3.8, 4) is 0 Å². The molecule has 0 aliphatic heterocycles. The quantitative estimate of drug-likeness (QED) is 0.519. The lowest BCUT2D eigenvalue weighted by Gasteiger charge is -2.31. The van der Waals surface area contributed by atoms with E-state index in [0.717, 1.165) is 6.54 Å². The maximum absolute atomic E-state index is 5.98. The smallest absolute Gasteiger partial charge is 0.0241 e. The molecule has 1 aliphatic carbocycles. The molecule has 1 aliphatic rings. The Kier molecular flexibility index (Phi) is 4.02. The number of hydrogen-bond acceptors (Lipinski definition) is 2. The zero-order valence-corrected chi connectivity index (χ0v) is 8.42. The predicted molar refractivity (Wildman–Crippen MR) is 52.6 cm³/mol. The van der Waals surface area contributed by atoms with Crippen molar-refractivity contribution >= 4 is 0 Å². The number of hydrogen-bond donors (Lipinski definition) is 1. The molecule has 2 N–H and O–H groups in total. The molecule has 0 spiro atoms. The number of rotatable bonds is 3. The molecule has 0 atom stereocenters. The monoisotopic (exact) mass is 170 g/mol. The van der Waals surface area contributed by atoms with Gasteiger partial charge >= 0.3 is 0 Å². The molecule has 2 heteroatoms. The summed E-state index contributed by atoms with van der Waals surface area (Å²) in [5.41, 5.74) is 0. The van der Waals surface area contributed by atoms with Crippen molar-refractivity contribution in [2.45, 2.75) is 52.0 Å². The second kappa shape index (κ2) is 4.83. The van der Waals surface area contributed by atoms with E-state index < -0.39 is 0 Å². The zero-order chi connectivity index (χ0) is 8.97. The second-order valence-corrected chi connectivity index (χ2v) is 4.38. The Labute approximate surface area is 76.1 Å².